The van der Waals surface area contributed by atoms with Crippen molar-refractivity contribution in [3.8, 4) is 0 Å². The average molecular weight is 653 g/mol. The number of halogens is 2. The number of ether oxygens (including phenoxy) is 1. The van der Waals surface area contributed by atoms with Gasteiger partial charge in [-0.05, 0) is 87.3 Å². The number of aromatic amines is 1. The molecule has 244 valence electrons. The fourth-order valence-electron chi connectivity index (χ4n) is 6.00. The molecule has 10 nitrogen and oxygen atoms in total. The molecule has 0 unspecified atom stereocenters. The summed E-state index contributed by atoms with van der Waals surface area (Å²) in [7, 11) is -2.21. The highest BCUT2D eigenvalue weighted by molar-refractivity contribution is 7.91. The van der Waals surface area contributed by atoms with Crippen LogP contribution in [0.4, 0.5) is 26.0 Å². The number of hydrogen-bond donors (Lipinski definition) is 3. The summed E-state index contributed by atoms with van der Waals surface area (Å²) in [5.74, 6) is -2.30. The van der Waals surface area contributed by atoms with E-state index in [9.17, 15) is 22.0 Å². The van der Waals surface area contributed by atoms with Gasteiger partial charge in [0.05, 0.1) is 20.9 Å². The quantitative estimate of drug-likeness (QED) is 0.207. The summed E-state index contributed by atoms with van der Waals surface area (Å²) >= 11 is 0. The van der Waals surface area contributed by atoms with Gasteiger partial charge in [0.1, 0.15) is 11.6 Å². The summed E-state index contributed by atoms with van der Waals surface area (Å²) < 4.78 is 59.7. The molecule has 0 atom stereocenters. The molecule has 2 fully saturated rings. The number of carbonyl (C=O) groups is 1. The average Bonchev–Trinajstić information content (AvgIpc) is 3.45. The molecule has 3 N–H and O–H groups in total. The SMILES string of the molecule is CN(CCN1CCCCC1)c1ccc(C(=O)Nc2n[nH]c3ccc(S(=O)(=O)c4cc(F)cc(F)c4)cc23)c(NC2CCOCC2)c1. The van der Waals surface area contributed by atoms with Crippen molar-refractivity contribution in [2.45, 2.75) is 47.9 Å². The van der Waals surface area contributed by atoms with E-state index in [0.29, 0.717) is 41.4 Å². The molecule has 46 heavy (non-hydrogen) atoms. The lowest BCUT2D eigenvalue weighted by atomic mass is 10.1. The smallest absolute Gasteiger partial charge is 0.258 e. The fraction of sp³-hybridized carbons (Fsp3) is 0.394. The van der Waals surface area contributed by atoms with Crippen molar-refractivity contribution in [3.05, 3.63) is 71.8 Å². The second-order valence-electron chi connectivity index (χ2n) is 11.9. The van der Waals surface area contributed by atoms with Crippen LogP contribution in [0.15, 0.2) is 64.4 Å². The van der Waals surface area contributed by atoms with Crippen molar-refractivity contribution in [1.82, 2.24) is 15.1 Å². The maximum Gasteiger partial charge on any atom is 0.258 e. The molecule has 6 rings (SSSR count). The second-order valence-corrected chi connectivity index (χ2v) is 13.9. The number of amides is 1. The normalized spacial score (nSPS) is 16.4. The minimum absolute atomic E-state index is 0.127. The van der Waals surface area contributed by atoms with Crippen molar-refractivity contribution in [3.63, 3.8) is 0 Å². The maximum absolute atomic E-state index is 13.8. The van der Waals surface area contributed by atoms with E-state index < -0.39 is 32.3 Å². The summed E-state index contributed by atoms with van der Waals surface area (Å²) in [6, 6.07) is 12.1. The van der Waals surface area contributed by atoms with E-state index >= 15 is 0 Å². The Morgan fingerprint density at radius 1 is 1.00 bits per heavy atom. The van der Waals surface area contributed by atoms with Crippen molar-refractivity contribution in [1.29, 1.82) is 0 Å². The highest BCUT2D eigenvalue weighted by Gasteiger charge is 2.23. The number of likely N-dealkylation sites (N-methyl/N-ethyl adjacent to an activating group) is 1. The molecule has 3 aromatic carbocycles. The van der Waals surface area contributed by atoms with E-state index in [0.717, 1.165) is 56.8 Å². The molecule has 2 aliphatic rings. The topological polar surface area (TPSA) is 120 Å². The van der Waals surface area contributed by atoms with E-state index in [1.54, 1.807) is 6.07 Å². The first kappa shape index (κ1) is 31.9. The van der Waals surface area contributed by atoms with Crippen LogP contribution in [0.3, 0.4) is 0 Å². The van der Waals surface area contributed by atoms with Crippen LogP contribution in [-0.2, 0) is 14.6 Å². The zero-order valence-electron chi connectivity index (χ0n) is 25.7. The molecule has 0 saturated carbocycles. The number of fused-ring (bicyclic) bond motifs is 1. The summed E-state index contributed by atoms with van der Waals surface area (Å²) in [6.45, 7) is 5.36. The fourth-order valence-corrected chi connectivity index (χ4v) is 7.33. The molecule has 4 aromatic rings. The monoisotopic (exact) mass is 652 g/mol. The molecule has 0 aliphatic carbocycles. The van der Waals surface area contributed by atoms with Crippen LogP contribution in [0.1, 0.15) is 42.5 Å². The Balaban J connectivity index is 1.25. The third kappa shape index (κ3) is 7.16. The predicted molar refractivity (Wildman–Crippen MR) is 173 cm³/mol. The van der Waals surface area contributed by atoms with Gasteiger partial charge in [-0.3, -0.25) is 9.89 Å². The largest absolute Gasteiger partial charge is 0.381 e. The van der Waals surface area contributed by atoms with Crippen molar-refractivity contribution < 1.29 is 26.7 Å². The van der Waals surface area contributed by atoms with Crippen LogP contribution in [0.2, 0.25) is 0 Å². The van der Waals surface area contributed by atoms with Gasteiger partial charge < -0.3 is 25.2 Å². The third-order valence-electron chi connectivity index (χ3n) is 8.69. The van der Waals surface area contributed by atoms with Gasteiger partial charge in [-0.25, -0.2) is 17.2 Å². The predicted octanol–water partition coefficient (Wildman–Crippen LogP) is 5.44. The van der Waals surface area contributed by atoms with Crippen LogP contribution in [0.5, 0.6) is 0 Å². The molecular formula is C33H38F2N6O4S. The Hall–Kier alpha value is -4.07. The Bertz CT molecular complexity index is 1800. The number of rotatable bonds is 10. The number of hydrogen-bond acceptors (Lipinski definition) is 8. The number of likely N-dealkylation sites (tertiary alicyclic amines) is 1. The minimum Gasteiger partial charge on any atom is -0.381 e. The zero-order valence-corrected chi connectivity index (χ0v) is 26.5. The molecule has 2 saturated heterocycles. The Morgan fingerprint density at radius 2 is 1.74 bits per heavy atom. The second kappa shape index (κ2) is 13.7. The van der Waals surface area contributed by atoms with E-state index in [4.69, 9.17) is 4.74 Å². The first-order valence-electron chi connectivity index (χ1n) is 15.6. The molecule has 3 heterocycles. The number of carbonyl (C=O) groups excluding carboxylic acids is 1. The maximum atomic E-state index is 13.8. The number of piperidine rings is 1. The lowest BCUT2D eigenvalue weighted by molar-refractivity contribution is 0.0904. The third-order valence-corrected chi connectivity index (χ3v) is 10.4. The minimum atomic E-state index is -4.26. The first-order valence-corrected chi connectivity index (χ1v) is 17.1. The van der Waals surface area contributed by atoms with Crippen LogP contribution in [0.25, 0.3) is 10.9 Å². The summed E-state index contributed by atoms with van der Waals surface area (Å²) in [5, 5.41) is 13.8. The molecular weight excluding hydrogens is 614 g/mol. The summed E-state index contributed by atoms with van der Waals surface area (Å²) in [6.07, 6.45) is 5.39. The van der Waals surface area contributed by atoms with Crippen LogP contribution >= 0.6 is 0 Å². The van der Waals surface area contributed by atoms with Gasteiger partial charge in [-0.1, -0.05) is 6.42 Å². The Morgan fingerprint density at radius 3 is 2.48 bits per heavy atom. The van der Waals surface area contributed by atoms with Gasteiger partial charge in [0.2, 0.25) is 9.84 Å². The molecule has 0 bridgehead atoms. The molecule has 2 aliphatic heterocycles. The Kier molecular flexibility index (Phi) is 9.52. The number of H-pyrrole nitrogens is 1. The van der Waals surface area contributed by atoms with Gasteiger partial charge in [-0.2, -0.15) is 5.10 Å². The van der Waals surface area contributed by atoms with E-state index in [1.165, 1.54) is 37.5 Å². The summed E-state index contributed by atoms with van der Waals surface area (Å²) in [4.78, 5) is 17.7. The number of anilines is 3. The van der Waals surface area contributed by atoms with Crippen molar-refractivity contribution in [2.75, 3.05) is 62.0 Å². The number of benzene rings is 3. The number of aromatic nitrogens is 2. The lowest BCUT2D eigenvalue weighted by Crippen LogP contribution is -2.36. The molecule has 1 aromatic heterocycles. The van der Waals surface area contributed by atoms with Gasteiger partial charge in [0, 0.05) is 62.2 Å². The molecule has 13 heteroatoms. The Labute approximate surface area is 267 Å². The zero-order chi connectivity index (χ0) is 32.3. The molecule has 0 spiro atoms. The van der Waals surface area contributed by atoms with Gasteiger partial charge in [0.15, 0.2) is 5.82 Å². The number of sulfone groups is 1. The number of nitrogens with zero attached hydrogens (tertiary/aromatic N) is 3. The summed E-state index contributed by atoms with van der Waals surface area (Å²) in [5.41, 5.74) is 2.56. The van der Waals surface area contributed by atoms with Crippen molar-refractivity contribution in [2.24, 2.45) is 0 Å². The van der Waals surface area contributed by atoms with Crippen LogP contribution < -0.4 is 15.5 Å². The van der Waals surface area contributed by atoms with E-state index in [1.807, 2.05) is 12.1 Å². The first-order chi connectivity index (χ1) is 22.2. The van der Waals surface area contributed by atoms with E-state index in [2.05, 4.69) is 37.7 Å². The molecule has 1 amide bonds. The highest BCUT2D eigenvalue weighted by atomic mass is 32.2. The van der Waals surface area contributed by atoms with Crippen LogP contribution in [-0.4, -0.2) is 81.9 Å². The highest BCUT2D eigenvalue weighted by Crippen LogP contribution is 2.31. The number of nitrogens with one attached hydrogen (secondary N) is 3. The lowest BCUT2D eigenvalue weighted by Gasteiger charge is -2.30. The van der Waals surface area contributed by atoms with E-state index in [-0.39, 0.29) is 16.8 Å². The van der Waals surface area contributed by atoms with Gasteiger partial charge >= 0.3 is 0 Å². The van der Waals surface area contributed by atoms with Crippen LogP contribution in [0, 0.1) is 11.6 Å². The standard InChI is InChI=1S/C33H38F2N6O4S/c1-40(13-14-41-11-3-2-4-12-41)25-5-7-28(31(20-25)36-24-9-15-45-16-10-24)33(42)37-32-29-21-26(6-8-30(29)38-39-32)46(43,44)27-18-22(34)17-23(35)19-27/h5-8,17-21,24,36H,2-4,9-16H2,1H3,(H2,37,38,39,42). The van der Waals surface area contributed by atoms with Gasteiger partial charge in [-0.15, -0.1) is 0 Å². The van der Waals surface area contributed by atoms with Gasteiger partial charge in [0.25, 0.3) is 5.91 Å². The van der Waals surface area contributed by atoms with Crippen molar-refractivity contribution >= 4 is 43.8 Å². The molecule has 0 radical (unpaired) electrons.